The molecule has 30 heavy (non-hydrogen) atoms. The molecule has 0 aromatic rings. The van der Waals surface area contributed by atoms with Gasteiger partial charge in [-0.3, -0.25) is 0 Å². The molecule has 0 aromatic carbocycles. The lowest BCUT2D eigenvalue weighted by Gasteiger charge is -2.27. The number of nitrogens with two attached hydrogens (primary N) is 1. The summed E-state index contributed by atoms with van der Waals surface area (Å²) in [5.41, 5.74) is 12.9. The number of unbranched alkanes of at least 4 members (excludes halogenated alkanes) is 1. The predicted octanol–water partition coefficient (Wildman–Crippen LogP) is 7.70. The molecule has 174 valence electrons. The van der Waals surface area contributed by atoms with Crippen LogP contribution in [-0.2, 0) is 0 Å². The first kappa shape index (κ1) is 27.2. The third-order valence-electron chi connectivity index (χ3n) is 7.03. The zero-order chi connectivity index (χ0) is 22.2. The minimum atomic E-state index is 0.356. The van der Waals surface area contributed by atoms with Gasteiger partial charge in [0.05, 0.1) is 0 Å². The molecule has 1 aliphatic carbocycles. The molecule has 2 nitrogen and oxygen atoms in total. The van der Waals surface area contributed by atoms with Gasteiger partial charge in [0.1, 0.15) is 0 Å². The van der Waals surface area contributed by atoms with Gasteiger partial charge in [-0.25, -0.2) is 0 Å². The SMILES string of the molecule is CCCCC(CCNC1CC=C=CCCCCC1CC)=C(C)CC(C)CC(N)CC. The van der Waals surface area contributed by atoms with Crippen molar-refractivity contribution in [3.63, 3.8) is 0 Å². The quantitative estimate of drug-likeness (QED) is 0.238. The first-order chi connectivity index (χ1) is 14.5. The van der Waals surface area contributed by atoms with Crippen LogP contribution in [0.1, 0.15) is 118 Å². The van der Waals surface area contributed by atoms with Crippen LogP contribution in [0.2, 0.25) is 0 Å². The second-order valence-electron chi connectivity index (χ2n) is 9.77. The van der Waals surface area contributed by atoms with Crippen LogP contribution in [0.25, 0.3) is 0 Å². The Morgan fingerprint density at radius 1 is 1.17 bits per heavy atom. The van der Waals surface area contributed by atoms with Gasteiger partial charge < -0.3 is 11.1 Å². The Hall–Kier alpha value is -0.820. The zero-order valence-electron chi connectivity index (χ0n) is 20.9. The monoisotopic (exact) mass is 416 g/mol. The van der Waals surface area contributed by atoms with E-state index >= 15 is 0 Å². The molecule has 2 heteroatoms. The number of hydrogen-bond acceptors (Lipinski definition) is 2. The van der Waals surface area contributed by atoms with Crippen LogP contribution in [0, 0.1) is 11.8 Å². The third kappa shape index (κ3) is 11.5. The molecule has 0 fully saturated rings. The maximum absolute atomic E-state index is 6.20. The van der Waals surface area contributed by atoms with Gasteiger partial charge in [-0.2, -0.15) is 0 Å². The van der Waals surface area contributed by atoms with Crippen LogP contribution >= 0.6 is 0 Å². The Bertz CT molecular complexity index is 527. The van der Waals surface area contributed by atoms with Crippen LogP contribution in [0.3, 0.4) is 0 Å². The first-order valence-corrected chi connectivity index (χ1v) is 13.1. The van der Waals surface area contributed by atoms with Crippen molar-refractivity contribution in [2.24, 2.45) is 17.6 Å². The summed E-state index contributed by atoms with van der Waals surface area (Å²) in [6.45, 7) is 12.7. The van der Waals surface area contributed by atoms with E-state index in [4.69, 9.17) is 5.73 Å². The lowest BCUT2D eigenvalue weighted by atomic mass is 9.87. The Morgan fingerprint density at radius 3 is 2.67 bits per heavy atom. The first-order valence-electron chi connectivity index (χ1n) is 13.1. The Kier molecular flexibility index (Phi) is 15.3. The number of rotatable bonds is 13. The Balaban J connectivity index is 2.70. The van der Waals surface area contributed by atoms with E-state index in [1.165, 1.54) is 64.2 Å². The lowest BCUT2D eigenvalue weighted by Crippen LogP contribution is -2.36. The fourth-order valence-electron chi connectivity index (χ4n) is 4.93. The van der Waals surface area contributed by atoms with Gasteiger partial charge >= 0.3 is 0 Å². The van der Waals surface area contributed by atoms with Gasteiger partial charge in [-0.05, 0) is 102 Å². The molecule has 0 amide bonds. The highest BCUT2D eigenvalue weighted by molar-refractivity contribution is 5.13. The normalized spacial score (nSPS) is 23.1. The van der Waals surface area contributed by atoms with Gasteiger partial charge in [-0.1, -0.05) is 58.1 Å². The molecular weight excluding hydrogens is 364 g/mol. The smallest absolute Gasteiger partial charge is 0.0136 e. The summed E-state index contributed by atoms with van der Waals surface area (Å²) in [6, 6.07) is 0.956. The van der Waals surface area contributed by atoms with Gasteiger partial charge in [0.25, 0.3) is 0 Å². The molecule has 4 atom stereocenters. The average molecular weight is 417 g/mol. The minimum absolute atomic E-state index is 0.356. The Labute approximate surface area is 188 Å². The summed E-state index contributed by atoms with van der Waals surface area (Å²) < 4.78 is 0. The van der Waals surface area contributed by atoms with Crippen molar-refractivity contribution in [1.82, 2.24) is 5.32 Å². The van der Waals surface area contributed by atoms with E-state index in [1.807, 2.05) is 0 Å². The van der Waals surface area contributed by atoms with Crippen LogP contribution < -0.4 is 11.1 Å². The van der Waals surface area contributed by atoms with Crippen molar-refractivity contribution in [2.75, 3.05) is 6.54 Å². The van der Waals surface area contributed by atoms with Crippen molar-refractivity contribution in [2.45, 2.75) is 130 Å². The molecule has 1 rings (SSSR count). The minimum Gasteiger partial charge on any atom is -0.328 e. The van der Waals surface area contributed by atoms with Gasteiger partial charge in [0.15, 0.2) is 0 Å². The number of nitrogens with one attached hydrogen (secondary N) is 1. The fourth-order valence-corrected chi connectivity index (χ4v) is 4.93. The molecule has 0 aliphatic heterocycles. The molecule has 0 saturated heterocycles. The molecule has 0 heterocycles. The van der Waals surface area contributed by atoms with Gasteiger partial charge in [-0.15, -0.1) is 5.73 Å². The highest BCUT2D eigenvalue weighted by atomic mass is 14.9. The number of allylic oxidation sites excluding steroid dienone is 1. The predicted molar refractivity (Wildman–Crippen MR) is 135 cm³/mol. The molecule has 0 aromatic heterocycles. The Morgan fingerprint density at radius 2 is 1.97 bits per heavy atom. The maximum Gasteiger partial charge on any atom is 0.0136 e. The standard InChI is InChI=1S/C28H52N2/c1-6-9-16-26(24(5)21-23(4)22-27(29)8-3)19-20-30-28-18-15-13-11-10-12-14-17-25(28)7-2/h11,15,23,25,27-28,30H,6-10,12,14,16-22,29H2,1-5H3. The van der Waals surface area contributed by atoms with E-state index < -0.39 is 0 Å². The zero-order valence-corrected chi connectivity index (χ0v) is 20.9. The van der Waals surface area contributed by atoms with Crippen molar-refractivity contribution in [3.05, 3.63) is 29.0 Å². The van der Waals surface area contributed by atoms with Crippen molar-refractivity contribution >= 4 is 0 Å². The summed E-state index contributed by atoms with van der Waals surface area (Å²) in [6.07, 6.45) is 20.6. The van der Waals surface area contributed by atoms with Crippen molar-refractivity contribution in [1.29, 1.82) is 0 Å². The van der Waals surface area contributed by atoms with Crippen molar-refractivity contribution in [3.8, 4) is 0 Å². The van der Waals surface area contributed by atoms with E-state index in [9.17, 15) is 0 Å². The second kappa shape index (κ2) is 16.8. The van der Waals surface area contributed by atoms with Gasteiger partial charge in [0, 0.05) is 12.1 Å². The van der Waals surface area contributed by atoms with Crippen LogP contribution in [0.5, 0.6) is 0 Å². The fraction of sp³-hybridized carbons (Fsp3) is 0.821. The third-order valence-corrected chi connectivity index (χ3v) is 7.03. The largest absolute Gasteiger partial charge is 0.328 e. The molecule has 1 aliphatic rings. The highest BCUT2D eigenvalue weighted by Gasteiger charge is 2.19. The molecule has 3 N–H and O–H groups in total. The van der Waals surface area contributed by atoms with Crippen LogP contribution in [0.4, 0.5) is 0 Å². The molecule has 4 unspecified atom stereocenters. The lowest BCUT2D eigenvalue weighted by molar-refractivity contribution is 0.317. The number of hydrogen-bond donors (Lipinski definition) is 2. The van der Waals surface area contributed by atoms with E-state index in [2.05, 4.69) is 57.8 Å². The average Bonchev–Trinajstić information content (AvgIpc) is 2.74. The maximum atomic E-state index is 6.20. The summed E-state index contributed by atoms with van der Waals surface area (Å²) in [7, 11) is 0. The summed E-state index contributed by atoms with van der Waals surface area (Å²) in [4.78, 5) is 0. The highest BCUT2D eigenvalue weighted by Crippen LogP contribution is 2.25. The molecule has 0 radical (unpaired) electrons. The molecule has 0 bridgehead atoms. The van der Waals surface area contributed by atoms with E-state index in [-0.39, 0.29) is 0 Å². The van der Waals surface area contributed by atoms with E-state index in [0.717, 1.165) is 31.7 Å². The molecular formula is C28H52N2. The van der Waals surface area contributed by atoms with Crippen LogP contribution in [0.15, 0.2) is 29.0 Å². The summed E-state index contributed by atoms with van der Waals surface area (Å²) in [5, 5.41) is 3.96. The van der Waals surface area contributed by atoms with E-state index in [1.54, 1.807) is 11.1 Å². The van der Waals surface area contributed by atoms with E-state index in [0.29, 0.717) is 18.0 Å². The summed E-state index contributed by atoms with van der Waals surface area (Å²) in [5.74, 6) is 1.48. The van der Waals surface area contributed by atoms with Gasteiger partial charge in [0.2, 0.25) is 0 Å². The van der Waals surface area contributed by atoms with Crippen molar-refractivity contribution < 1.29 is 0 Å². The van der Waals surface area contributed by atoms with Crippen LogP contribution in [-0.4, -0.2) is 18.6 Å². The molecule has 0 spiro atoms. The summed E-state index contributed by atoms with van der Waals surface area (Å²) >= 11 is 0. The molecule has 0 saturated carbocycles. The second-order valence-corrected chi connectivity index (χ2v) is 9.77. The topological polar surface area (TPSA) is 38.0 Å².